The van der Waals surface area contributed by atoms with Crippen LogP contribution >= 0.6 is 0 Å². The zero-order valence-corrected chi connectivity index (χ0v) is 9.20. The minimum atomic E-state index is 0.818. The van der Waals surface area contributed by atoms with Crippen molar-refractivity contribution in [2.75, 3.05) is 5.73 Å². The molecule has 3 aromatic carbocycles. The van der Waals surface area contributed by atoms with Gasteiger partial charge in [-0.25, -0.2) is 0 Å². The van der Waals surface area contributed by atoms with Crippen LogP contribution in [0.2, 0.25) is 0 Å². The molecule has 0 aliphatic rings. The number of nitrogen functional groups attached to an aromatic ring is 1. The second-order valence-corrected chi connectivity index (χ2v) is 4.31. The van der Waals surface area contributed by atoms with Gasteiger partial charge in [-0.3, -0.25) is 0 Å². The second kappa shape index (κ2) is 3.24. The van der Waals surface area contributed by atoms with Crippen LogP contribution in [0.15, 0.2) is 48.5 Å². The van der Waals surface area contributed by atoms with E-state index in [1.165, 1.54) is 27.1 Å². The molecule has 2 N–H and O–H groups in total. The average molecular weight is 207 g/mol. The van der Waals surface area contributed by atoms with Crippen molar-refractivity contribution in [3.8, 4) is 0 Å². The molecule has 0 spiro atoms. The number of fused-ring (bicyclic) bond motifs is 2. The number of benzene rings is 3. The van der Waals surface area contributed by atoms with Gasteiger partial charge in [0.25, 0.3) is 0 Å². The van der Waals surface area contributed by atoms with Crippen molar-refractivity contribution < 1.29 is 0 Å². The largest absolute Gasteiger partial charge is 0.399 e. The van der Waals surface area contributed by atoms with Crippen LogP contribution in [0.5, 0.6) is 0 Å². The van der Waals surface area contributed by atoms with Gasteiger partial charge in [0.2, 0.25) is 0 Å². The second-order valence-electron chi connectivity index (χ2n) is 4.31. The third-order valence-electron chi connectivity index (χ3n) is 2.98. The SMILES string of the molecule is Cc1ccc2cc3cc(N)ccc3cc2c1. The predicted octanol–water partition coefficient (Wildman–Crippen LogP) is 3.88. The summed E-state index contributed by atoms with van der Waals surface area (Å²) in [5, 5.41) is 5.00. The summed E-state index contributed by atoms with van der Waals surface area (Å²) in [4.78, 5) is 0. The van der Waals surface area contributed by atoms with E-state index in [0.717, 1.165) is 5.69 Å². The Labute approximate surface area is 94.5 Å². The van der Waals surface area contributed by atoms with Crippen molar-refractivity contribution in [3.63, 3.8) is 0 Å². The van der Waals surface area contributed by atoms with Crippen LogP contribution in [-0.2, 0) is 0 Å². The van der Waals surface area contributed by atoms with Gasteiger partial charge in [0.15, 0.2) is 0 Å². The molecule has 3 aromatic rings. The molecule has 0 aliphatic carbocycles. The van der Waals surface area contributed by atoms with E-state index in [1.807, 2.05) is 12.1 Å². The Morgan fingerprint density at radius 1 is 0.688 bits per heavy atom. The van der Waals surface area contributed by atoms with Crippen LogP contribution in [0.1, 0.15) is 5.56 Å². The molecule has 1 nitrogen and oxygen atoms in total. The first-order chi connectivity index (χ1) is 7.72. The van der Waals surface area contributed by atoms with Gasteiger partial charge in [-0.1, -0.05) is 29.8 Å². The summed E-state index contributed by atoms with van der Waals surface area (Å²) < 4.78 is 0. The number of hydrogen-bond acceptors (Lipinski definition) is 1. The fourth-order valence-corrected chi connectivity index (χ4v) is 2.14. The molecule has 0 bridgehead atoms. The van der Waals surface area contributed by atoms with Crippen molar-refractivity contribution in [1.29, 1.82) is 0 Å². The van der Waals surface area contributed by atoms with E-state index in [1.54, 1.807) is 0 Å². The van der Waals surface area contributed by atoms with Crippen molar-refractivity contribution in [2.24, 2.45) is 0 Å². The van der Waals surface area contributed by atoms with Crippen LogP contribution in [-0.4, -0.2) is 0 Å². The summed E-state index contributed by atoms with van der Waals surface area (Å²) in [6, 6.07) is 17.0. The molecule has 0 saturated heterocycles. The minimum Gasteiger partial charge on any atom is -0.399 e. The molecule has 0 amide bonds. The lowest BCUT2D eigenvalue weighted by atomic mass is 10.0. The van der Waals surface area contributed by atoms with Gasteiger partial charge in [0.1, 0.15) is 0 Å². The maximum Gasteiger partial charge on any atom is 0.0320 e. The molecule has 0 unspecified atom stereocenters. The lowest BCUT2D eigenvalue weighted by molar-refractivity contribution is 1.51. The molecular formula is C15H13N. The number of hydrogen-bond donors (Lipinski definition) is 1. The standard InChI is InChI=1S/C15H13N/c1-10-2-3-11-8-14-9-15(16)5-4-12(14)7-13(11)6-10/h2-9H,16H2,1H3. The summed E-state index contributed by atoms with van der Waals surface area (Å²) in [6.45, 7) is 2.12. The molecule has 16 heavy (non-hydrogen) atoms. The molecule has 0 heterocycles. The summed E-state index contributed by atoms with van der Waals surface area (Å²) in [5.41, 5.74) is 7.90. The topological polar surface area (TPSA) is 26.0 Å². The normalized spacial score (nSPS) is 11.1. The molecule has 0 aliphatic heterocycles. The first-order valence-corrected chi connectivity index (χ1v) is 5.42. The Morgan fingerprint density at radius 3 is 2.06 bits per heavy atom. The van der Waals surface area contributed by atoms with Crippen molar-refractivity contribution >= 4 is 27.2 Å². The molecular weight excluding hydrogens is 194 g/mol. The van der Waals surface area contributed by atoms with Crippen LogP contribution in [0, 0.1) is 6.92 Å². The minimum absolute atomic E-state index is 0.818. The van der Waals surface area contributed by atoms with E-state index in [4.69, 9.17) is 5.73 Å². The first kappa shape index (κ1) is 9.22. The van der Waals surface area contributed by atoms with Gasteiger partial charge in [0, 0.05) is 5.69 Å². The number of anilines is 1. The zero-order chi connectivity index (χ0) is 11.1. The van der Waals surface area contributed by atoms with Crippen molar-refractivity contribution in [1.82, 2.24) is 0 Å². The summed E-state index contributed by atoms with van der Waals surface area (Å²) >= 11 is 0. The quantitative estimate of drug-likeness (QED) is 0.439. The summed E-state index contributed by atoms with van der Waals surface area (Å²) in [7, 11) is 0. The van der Waals surface area contributed by atoms with E-state index in [2.05, 4.69) is 43.3 Å². The van der Waals surface area contributed by atoms with Crippen LogP contribution in [0.25, 0.3) is 21.5 Å². The van der Waals surface area contributed by atoms with Gasteiger partial charge in [-0.15, -0.1) is 0 Å². The highest BCUT2D eigenvalue weighted by Crippen LogP contribution is 2.25. The van der Waals surface area contributed by atoms with Gasteiger partial charge < -0.3 is 5.73 Å². The maximum atomic E-state index is 5.79. The lowest BCUT2D eigenvalue weighted by Gasteiger charge is -2.04. The molecule has 0 fully saturated rings. The lowest BCUT2D eigenvalue weighted by Crippen LogP contribution is -1.84. The van der Waals surface area contributed by atoms with E-state index in [9.17, 15) is 0 Å². The molecule has 0 atom stereocenters. The number of aryl methyl sites for hydroxylation is 1. The van der Waals surface area contributed by atoms with E-state index < -0.39 is 0 Å². The Balaban J connectivity index is 2.44. The Morgan fingerprint density at radius 2 is 1.31 bits per heavy atom. The Kier molecular flexibility index (Phi) is 1.87. The molecule has 3 rings (SSSR count). The maximum absolute atomic E-state index is 5.79. The predicted molar refractivity (Wildman–Crippen MR) is 70.6 cm³/mol. The van der Waals surface area contributed by atoms with Gasteiger partial charge in [0.05, 0.1) is 0 Å². The van der Waals surface area contributed by atoms with Gasteiger partial charge in [-0.2, -0.15) is 0 Å². The fourth-order valence-electron chi connectivity index (χ4n) is 2.14. The Bertz CT molecular complexity index is 622. The molecule has 0 aromatic heterocycles. The van der Waals surface area contributed by atoms with Crippen LogP contribution < -0.4 is 5.73 Å². The fraction of sp³-hybridized carbons (Fsp3) is 0.0667. The monoisotopic (exact) mass is 207 g/mol. The number of rotatable bonds is 0. The molecule has 0 radical (unpaired) electrons. The van der Waals surface area contributed by atoms with Crippen LogP contribution in [0.4, 0.5) is 5.69 Å². The summed E-state index contributed by atoms with van der Waals surface area (Å²) in [5.74, 6) is 0. The van der Waals surface area contributed by atoms with E-state index in [-0.39, 0.29) is 0 Å². The smallest absolute Gasteiger partial charge is 0.0320 e. The summed E-state index contributed by atoms with van der Waals surface area (Å²) in [6.07, 6.45) is 0. The molecule has 0 saturated carbocycles. The van der Waals surface area contributed by atoms with Crippen molar-refractivity contribution in [2.45, 2.75) is 6.92 Å². The highest BCUT2D eigenvalue weighted by molar-refractivity contribution is 5.99. The van der Waals surface area contributed by atoms with Crippen molar-refractivity contribution in [3.05, 3.63) is 54.1 Å². The zero-order valence-electron chi connectivity index (χ0n) is 9.20. The van der Waals surface area contributed by atoms with E-state index >= 15 is 0 Å². The van der Waals surface area contributed by atoms with Gasteiger partial charge >= 0.3 is 0 Å². The number of nitrogens with two attached hydrogens (primary N) is 1. The molecule has 78 valence electrons. The highest BCUT2D eigenvalue weighted by atomic mass is 14.5. The third-order valence-corrected chi connectivity index (χ3v) is 2.98. The highest BCUT2D eigenvalue weighted by Gasteiger charge is 1.98. The van der Waals surface area contributed by atoms with E-state index in [0.29, 0.717) is 0 Å². The van der Waals surface area contributed by atoms with Crippen LogP contribution in [0.3, 0.4) is 0 Å². The Hall–Kier alpha value is -2.02. The average Bonchev–Trinajstić information content (AvgIpc) is 2.26. The molecule has 1 heteroatoms. The third kappa shape index (κ3) is 1.41. The van der Waals surface area contributed by atoms with Gasteiger partial charge in [-0.05, 0) is 52.7 Å². The first-order valence-electron chi connectivity index (χ1n) is 5.42.